The van der Waals surface area contributed by atoms with Crippen molar-refractivity contribution in [1.82, 2.24) is 14.8 Å². The van der Waals surface area contributed by atoms with E-state index < -0.39 is 0 Å². The highest BCUT2D eigenvalue weighted by atomic mass is 32.1. The molecule has 2 amide bonds. The van der Waals surface area contributed by atoms with Gasteiger partial charge in [0.05, 0.1) is 22.7 Å². The van der Waals surface area contributed by atoms with Crippen LogP contribution in [-0.2, 0) is 22.6 Å². The lowest BCUT2D eigenvalue weighted by atomic mass is 10.1. The zero-order valence-electron chi connectivity index (χ0n) is 15.9. The Morgan fingerprint density at radius 3 is 2.71 bits per heavy atom. The third kappa shape index (κ3) is 4.07. The first-order chi connectivity index (χ1) is 13.6. The van der Waals surface area contributed by atoms with Crippen LogP contribution in [0.3, 0.4) is 0 Å². The lowest BCUT2D eigenvalue weighted by Crippen LogP contribution is -2.34. The van der Waals surface area contributed by atoms with Crippen LogP contribution < -0.4 is 0 Å². The van der Waals surface area contributed by atoms with Crippen LogP contribution in [-0.4, -0.2) is 46.7 Å². The molecule has 2 heterocycles. The zero-order chi connectivity index (χ0) is 19.5. The number of benzene rings is 2. The van der Waals surface area contributed by atoms with E-state index in [0.717, 1.165) is 21.6 Å². The molecule has 3 aromatic rings. The van der Waals surface area contributed by atoms with E-state index in [-0.39, 0.29) is 17.7 Å². The molecule has 1 unspecified atom stereocenters. The highest BCUT2D eigenvalue weighted by Crippen LogP contribution is 2.24. The predicted octanol–water partition coefficient (Wildman–Crippen LogP) is 3.35. The average Bonchev–Trinajstić information content (AvgIpc) is 3.29. The summed E-state index contributed by atoms with van der Waals surface area (Å²) in [5, 5.41) is 0.919. The Morgan fingerprint density at radius 1 is 1.18 bits per heavy atom. The van der Waals surface area contributed by atoms with Gasteiger partial charge in [-0.25, -0.2) is 4.98 Å². The minimum atomic E-state index is -0.261. The SMILES string of the molecule is CN(Cc1nc2ccccc2s1)C(=O)C1CC(=O)N(CCc2ccccc2)C1. The highest BCUT2D eigenvalue weighted by molar-refractivity contribution is 7.18. The standard InChI is InChI=1S/C22H23N3O2S/c1-24(15-20-23-18-9-5-6-10-19(18)28-20)22(27)17-13-21(26)25(14-17)12-11-16-7-3-2-4-8-16/h2-10,17H,11-15H2,1H3. The van der Waals surface area contributed by atoms with Crippen LogP contribution in [0.25, 0.3) is 10.2 Å². The first kappa shape index (κ1) is 18.6. The van der Waals surface area contributed by atoms with Crippen molar-refractivity contribution in [2.45, 2.75) is 19.4 Å². The summed E-state index contributed by atoms with van der Waals surface area (Å²) in [6.45, 7) is 1.65. The maximum absolute atomic E-state index is 12.9. The van der Waals surface area contributed by atoms with Crippen molar-refractivity contribution < 1.29 is 9.59 Å². The molecule has 2 aromatic carbocycles. The molecule has 4 rings (SSSR count). The zero-order valence-corrected chi connectivity index (χ0v) is 16.7. The van der Waals surface area contributed by atoms with Crippen LogP contribution in [0, 0.1) is 5.92 Å². The molecule has 144 valence electrons. The van der Waals surface area contributed by atoms with Gasteiger partial charge in [-0.3, -0.25) is 9.59 Å². The maximum Gasteiger partial charge on any atom is 0.228 e. The molecular formula is C22H23N3O2S. The summed E-state index contributed by atoms with van der Waals surface area (Å²) in [4.78, 5) is 33.3. The van der Waals surface area contributed by atoms with Crippen LogP contribution in [0.5, 0.6) is 0 Å². The van der Waals surface area contributed by atoms with Gasteiger partial charge in [-0.05, 0) is 24.1 Å². The fourth-order valence-corrected chi connectivity index (χ4v) is 4.66. The fourth-order valence-electron chi connectivity index (χ4n) is 3.64. The number of amides is 2. The lowest BCUT2D eigenvalue weighted by Gasteiger charge is -2.20. The number of likely N-dealkylation sites (tertiary alicyclic amines) is 1. The molecule has 1 saturated heterocycles. The van der Waals surface area contributed by atoms with Crippen molar-refractivity contribution in [3.63, 3.8) is 0 Å². The summed E-state index contributed by atoms with van der Waals surface area (Å²) in [5.41, 5.74) is 2.17. The van der Waals surface area contributed by atoms with Crippen molar-refractivity contribution >= 4 is 33.4 Å². The third-order valence-electron chi connectivity index (χ3n) is 5.16. The van der Waals surface area contributed by atoms with Crippen LogP contribution in [0.2, 0.25) is 0 Å². The Kier molecular flexibility index (Phi) is 5.39. The van der Waals surface area contributed by atoms with E-state index in [4.69, 9.17) is 0 Å². The molecule has 6 heteroatoms. The summed E-state index contributed by atoms with van der Waals surface area (Å²) in [6, 6.07) is 18.1. The highest BCUT2D eigenvalue weighted by Gasteiger charge is 2.35. The van der Waals surface area contributed by atoms with E-state index in [1.165, 1.54) is 5.56 Å². The Balaban J connectivity index is 1.34. The molecule has 0 aliphatic carbocycles. The van der Waals surface area contributed by atoms with Gasteiger partial charge in [-0.1, -0.05) is 42.5 Å². The van der Waals surface area contributed by atoms with Gasteiger partial charge in [-0.15, -0.1) is 11.3 Å². The summed E-state index contributed by atoms with van der Waals surface area (Å²) < 4.78 is 1.13. The number of thiazole rings is 1. The van der Waals surface area contributed by atoms with Crippen LogP contribution >= 0.6 is 11.3 Å². The molecule has 1 aliphatic rings. The van der Waals surface area contributed by atoms with Crippen molar-refractivity contribution in [2.24, 2.45) is 5.92 Å². The number of rotatable bonds is 6. The van der Waals surface area contributed by atoms with E-state index >= 15 is 0 Å². The van der Waals surface area contributed by atoms with Gasteiger partial charge >= 0.3 is 0 Å². The molecular weight excluding hydrogens is 370 g/mol. The van der Waals surface area contributed by atoms with Gasteiger partial charge in [0.1, 0.15) is 5.01 Å². The molecule has 0 radical (unpaired) electrons. The number of carbonyl (C=O) groups excluding carboxylic acids is 2. The summed E-state index contributed by atoms with van der Waals surface area (Å²) in [6.07, 6.45) is 1.12. The number of hydrogen-bond donors (Lipinski definition) is 0. The third-order valence-corrected chi connectivity index (χ3v) is 6.18. The second kappa shape index (κ2) is 8.10. The molecule has 1 aliphatic heterocycles. The van der Waals surface area contributed by atoms with Gasteiger partial charge in [0, 0.05) is 26.6 Å². The van der Waals surface area contributed by atoms with E-state index in [9.17, 15) is 9.59 Å². The number of aromatic nitrogens is 1. The van der Waals surface area contributed by atoms with Crippen LogP contribution in [0.4, 0.5) is 0 Å². The molecule has 28 heavy (non-hydrogen) atoms. The van der Waals surface area contributed by atoms with Gasteiger partial charge in [-0.2, -0.15) is 0 Å². The smallest absolute Gasteiger partial charge is 0.228 e. The summed E-state index contributed by atoms with van der Waals surface area (Å²) >= 11 is 1.61. The topological polar surface area (TPSA) is 53.5 Å². The average molecular weight is 394 g/mol. The number of carbonyl (C=O) groups is 2. The van der Waals surface area contributed by atoms with E-state index in [2.05, 4.69) is 17.1 Å². The second-order valence-electron chi connectivity index (χ2n) is 7.25. The summed E-state index contributed by atoms with van der Waals surface area (Å²) in [5.74, 6) is -0.167. The maximum atomic E-state index is 12.9. The largest absolute Gasteiger partial charge is 0.342 e. The monoisotopic (exact) mass is 393 g/mol. The van der Waals surface area contributed by atoms with Gasteiger partial charge in [0.2, 0.25) is 11.8 Å². The van der Waals surface area contributed by atoms with E-state index in [1.54, 1.807) is 23.3 Å². The van der Waals surface area contributed by atoms with Crippen molar-refractivity contribution in [3.8, 4) is 0 Å². The Bertz CT molecular complexity index is 953. The van der Waals surface area contributed by atoms with Gasteiger partial charge in [0.15, 0.2) is 0 Å². The molecule has 0 N–H and O–H groups in total. The van der Waals surface area contributed by atoms with Gasteiger partial charge < -0.3 is 9.80 Å². The number of hydrogen-bond acceptors (Lipinski definition) is 4. The quantitative estimate of drug-likeness (QED) is 0.645. The molecule has 5 nitrogen and oxygen atoms in total. The normalized spacial score (nSPS) is 16.7. The van der Waals surface area contributed by atoms with Crippen LogP contribution in [0.15, 0.2) is 54.6 Å². The molecule has 1 atom stereocenters. The molecule has 0 bridgehead atoms. The molecule has 1 aromatic heterocycles. The van der Waals surface area contributed by atoms with Crippen molar-refractivity contribution in [3.05, 3.63) is 65.2 Å². The number of fused-ring (bicyclic) bond motifs is 1. The van der Waals surface area contributed by atoms with Crippen LogP contribution in [0.1, 0.15) is 17.0 Å². The fraction of sp³-hybridized carbons (Fsp3) is 0.318. The first-order valence-corrected chi connectivity index (χ1v) is 10.3. The Labute approximate surface area is 168 Å². The Morgan fingerprint density at radius 2 is 1.93 bits per heavy atom. The number of nitrogens with zero attached hydrogens (tertiary/aromatic N) is 3. The molecule has 0 saturated carbocycles. The summed E-state index contributed by atoms with van der Waals surface area (Å²) in [7, 11) is 1.80. The number of para-hydroxylation sites is 1. The van der Waals surface area contributed by atoms with Crippen molar-refractivity contribution in [2.75, 3.05) is 20.1 Å². The van der Waals surface area contributed by atoms with E-state index in [0.29, 0.717) is 26.1 Å². The first-order valence-electron chi connectivity index (χ1n) is 9.51. The second-order valence-corrected chi connectivity index (χ2v) is 8.36. The van der Waals surface area contributed by atoms with Gasteiger partial charge in [0.25, 0.3) is 0 Å². The molecule has 1 fully saturated rings. The van der Waals surface area contributed by atoms with Crippen molar-refractivity contribution in [1.29, 1.82) is 0 Å². The lowest BCUT2D eigenvalue weighted by molar-refractivity contribution is -0.135. The Hall–Kier alpha value is -2.73. The predicted molar refractivity (Wildman–Crippen MR) is 111 cm³/mol. The minimum Gasteiger partial charge on any atom is -0.342 e. The minimum absolute atomic E-state index is 0.0230. The van der Waals surface area contributed by atoms with E-state index in [1.807, 2.05) is 47.4 Å². The molecule has 0 spiro atoms.